The molecule has 7 nitrogen and oxygen atoms in total. The van der Waals surface area contributed by atoms with Crippen LogP contribution >= 0.6 is 0 Å². The first-order valence-corrected chi connectivity index (χ1v) is 9.02. The van der Waals surface area contributed by atoms with Crippen molar-refractivity contribution >= 4 is 17.3 Å². The smallest absolute Gasteiger partial charge is 0.321 e. The van der Waals surface area contributed by atoms with Crippen molar-refractivity contribution in [3.05, 3.63) is 53.6 Å². The van der Waals surface area contributed by atoms with Crippen molar-refractivity contribution in [3.8, 4) is 23.3 Å². The Bertz CT molecular complexity index is 946. The highest BCUT2D eigenvalue weighted by atomic mass is 16.5. The van der Waals surface area contributed by atoms with Gasteiger partial charge in [0.1, 0.15) is 5.75 Å². The second-order valence-corrected chi connectivity index (χ2v) is 6.23. The molecule has 0 heterocycles. The van der Waals surface area contributed by atoms with Crippen LogP contribution in [0.3, 0.4) is 0 Å². The Morgan fingerprint density at radius 1 is 1.07 bits per heavy atom. The lowest BCUT2D eigenvalue weighted by atomic mass is 9.96. The summed E-state index contributed by atoms with van der Waals surface area (Å²) in [6.07, 6.45) is 1.46. The number of ether oxygens (including phenoxy) is 3. The van der Waals surface area contributed by atoms with E-state index in [1.54, 1.807) is 39.4 Å². The molecule has 2 amide bonds. The number of hydrogen-bond donors (Lipinski definition) is 1. The summed E-state index contributed by atoms with van der Waals surface area (Å²) in [6, 6.07) is 12.6. The third kappa shape index (κ3) is 5.20. The number of hydrogen-bond acceptors (Lipinski definition) is 5. The molecular weight excluding hydrogens is 370 g/mol. The number of nitriles is 1. The number of carbonyl (C=O) groups is 1. The number of nitrogens with one attached hydrogen (secondary N) is 1. The van der Waals surface area contributed by atoms with Crippen LogP contribution in [0.1, 0.15) is 18.1 Å². The maximum Gasteiger partial charge on any atom is 0.321 e. The van der Waals surface area contributed by atoms with Gasteiger partial charge < -0.3 is 24.4 Å². The van der Waals surface area contributed by atoms with Gasteiger partial charge >= 0.3 is 6.03 Å². The summed E-state index contributed by atoms with van der Waals surface area (Å²) in [5.41, 5.74) is 2.71. The van der Waals surface area contributed by atoms with Crippen molar-refractivity contribution in [1.82, 2.24) is 4.90 Å². The Hall–Kier alpha value is -3.66. The summed E-state index contributed by atoms with van der Waals surface area (Å²) >= 11 is 0. The molecule has 0 aliphatic rings. The van der Waals surface area contributed by atoms with Gasteiger partial charge in [0.25, 0.3) is 0 Å². The van der Waals surface area contributed by atoms with Gasteiger partial charge in [-0.15, -0.1) is 0 Å². The minimum atomic E-state index is -0.283. The second-order valence-electron chi connectivity index (χ2n) is 6.23. The summed E-state index contributed by atoms with van der Waals surface area (Å²) in [7, 11) is 6.41. The molecule has 0 radical (unpaired) electrons. The number of rotatable bonds is 7. The first-order valence-electron chi connectivity index (χ1n) is 9.02. The fraction of sp³-hybridized carbons (Fsp3) is 0.273. The highest BCUT2D eigenvalue weighted by Gasteiger charge is 2.15. The van der Waals surface area contributed by atoms with Gasteiger partial charge in [0.05, 0.1) is 32.6 Å². The van der Waals surface area contributed by atoms with Gasteiger partial charge in [-0.05, 0) is 47.9 Å². The Morgan fingerprint density at radius 2 is 1.69 bits per heavy atom. The van der Waals surface area contributed by atoms with E-state index in [0.29, 0.717) is 35.1 Å². The van der Waals surface area contributed by atoms with Crippen LogP contribution in [0.2, 0.25) is 0 Å². The van der Waals surface area contributed by atoms with Gasteiger partial charge in [-0.2, -0.15) is 5.26 Å². The Labute approximate surface area is 171 Å². The number of carbonyl (C=O) groups excluding carboxylic acids is 1. The summed E-state index contributed by atoms with van der Waals surface area (Å²) in [5, 5.41) is 12.1. The Kier molecular flexibility index (Phi) is 7.49. The number of amides is 2. The number of nitrogens with zero attached hydrogens (tertiary/aromatic N) is 2. The van der Waals surface area contributed by atoms with Crippen LogP contribution in [-0.4, -0.2) is 45.9 Å². The first kappa shape index (κ1) is 21.6. The molecule has 2 aromatic carbocycles. The molecule has 152 valence electrons. The van der Waals surface area contributed by atoms with Gasteiger partial charge in [0.15, 0.2) is 11.5 Å². The molecule has 0 fully saturated rings. The van der Waals surface area contributed by atoms with Crippen molar-refractivity contribution < 1.29 is 19.0 Å². The van der Waals surface area contributed by atoms with E-state index >= 15 is 0 Å². The first-order chi connectivity index (χ1) is 13.9. The van der Waals surface area contributed by atoms with Crippen LogP contribution in [0.15, 0.2) is 42.5 Å². The van der Waals surface area contributed by atoms with Gasteiger partial charge in [0.2, 0.25) is 0 Å². The number of urea groups is 1. The van der Waals surface area contributed by atoms with E-state index in [-0.39, 0.29) is 6.03 Å². The van der Waals surface area contributed by atoms with Crippen molar-refractivity contribution in [3.63, 3.8) is 0 Å². The van der Waals surface area contributed by atoms with Crippen molar-refractivity contribution in [2.24, 2.45) is 0 Å². The maximum absolute atomic E-state index is 12.1. The van der Waals surface area contributed by atoms with E-state index in [1.165, 1.54) is 18.1 Å². The lowest BCUT2D eigenvalue weighted by Crippen LogP contribution is -2.27. The van der Waals surface area contributed by atoms with Crippen LogP contribution in [0, 0.1) is 11.3 Å². The minimum Gasteiger partial charge on any atom is -0.495 e. The third-order valence-corrected chi connectivity index (χ3v) is 4.14. The number of anilines is 1. The number of allylic oxidation sites excluding steroid dienone is 1. The molecule has 0 aliphatic heterocycles. The molecule has 29 heavy (non-hydrogen) atoms. The van der Waals surface area contributed by atoms with E-state index in [1.807, 2.05) is 25.1 Å². The van der Waals surface area contributed by atoms with E-state index in [4.69, 9.17) is 14.2 Å². The molecule has 1 N–H and O–H groups in total. The fourth-order valence-electron chi connectivity index (χ4n) is 2.71. The van der Waals surface area contributed by atoms with Gasteiger partial charge in [-0.3, -0.25) is 0 Å². The lowest BCUT2D eigenvalue weighted by molar-refractivity contribution is 0.230. The molecule has 7 heteroatoms. The molecule has 0 saturated carbocycles. The quantitative estimate of drug-likeness (QED) is 0.712. The van der Waals surface area contributed by atoms with Crippen LogP contribution in [-0.2, 0) is 0 Å². The molecule has 0 bridgehead atoms. The zero-order valence-electron chi connectivity index (χ0n) is 17.3. The van der Waals surface area contributed by atoms with Crippen LogP contribution in [0.5, 0.6) is 17.2 Å². The Morgan fingerprint density at radius 3 is 2.24 bits per heavy atom. The van der Waals surface area contributed by atoms with Crippen LogP contribution in [0.4, 0.5) is 10.5 Å². The SMILES string of the molecule is CCOc1cc(C(=CC#N)c2ccc(OC)c(NC(=O)N(C)C)c2)ccc1OC. The molecule has 0 saturated heterocycles. The molecule has 2 rings (SSSR count). The van der Waals surface area contributed by atoms with Gasteiger partial charge in [0, 0.05) is 20.2 Å². The lowest BCUT2D eigenvalue weighted by Gasteiger charge is -2.17. The highest BCUT2D eigenvalue weighted by molar-refractivity contribution is 5.92. The second kappa shape index (κ2) is 10.0. The summed E-state index contributed by atoms with van der Waals surface area (Å²) in [5.74, 6) is 1.72. The van der Waals surface area contributed by atoms with E-state index in [0.717, 1.165) is 11.1 Å². The average molecular weight is 395 g/mol. The van der Waals surface area contributed by atoms with E-state index in [2.05, 4.69) is 11.4 Å². The minimum absolute atomic E-state index is 0.283. The predicted molar refractivity (Wildman–Crippen MR) is 113 cm³/mol. The summed E-state index contributed by atoms with van der Waals surface area (Å²) < 4.78 is 16.3. The largest absolute Gasteiger partial charge is 0.495 e. The van der Waals surface area contributed by atoms with Crippen molar-refractivity contribution in [2.75, 3.05) is 40.2 Å². The van der Waals surface area contributed by atoms with Crippen LogP contribution in [0.25, 0.3) is 5.57 Å². The molecule has 0 atom stereocenters. The third-order valence-electron chi connectivity index (χ3n) is 4.14. The van der Waals surface area contributed by atoms with Gasteiger partial charge in [-0.1, -0.05) is 12.1 Å². The highest BCUT2D eigenvalue weighted by Crippen LogP contribution is 2.35. The summed E-state index contributed by atoms with van der Waals surface area (Å²) in [6.45, 7) is 2.38. The Balaban J connectivity index is 2.54. The van der Waals surface area contributed by atoms with Crippen LogP contribution < -0.4 is 19.5 Å². The zero-order valence-corrected chi connectivity index (χ0v) is 17.3. The van der Waals surface area contributed by atoms with E-state index in [9.17, 15) is 10.1 Å². The topological polar surface area (TPSA) is 83.8 Å². The standard InChI is InChI=1S/C22H25N3O4/c1-6-29-21-14-16(8-10-20(21)28-5)17(11-12-23)15-7-9-19(27-4)18(13-15)24-22(26)25(2)3/h7-11,13-14H,6H2,1-5H3,(H,24,26). The molecule has 2 aromatic rings. The maximum atomic E-state index is 12.1. The normalized spacial score (nSPS) is 10.7. The zero-order chi connectivity index (χ0) is 21.4. The predicted octanol–water partition coefficient (Wildman–Crippen LogP) is 4.15. The van der Waals surface area contributed by atoms with Crippen molar-refractivity contribution in [1.29, 1.82) is 5.26 Å². The molecule has 0 aliphatic carbocycles. The monoisotopic (exact) mass is 395 g/mol. The molecule has 0 aromatic heterocycles. The average Bonchev–Trinajstić information content (AvgIpc) is 2.72. The summed E-state index contributed by atoms with van der Waals surface area (Å²) in [4.78, 5) is 13.5. The number of benzene rings is 2. The number of methoxy groups -OCH3 is 2. The van der Waals surface area contributed by atoms with Crippen molar-refractivity contribution in [2.45, 2.75) is 6.92 Å². The molecular formula is C22H25N3O4. The van der Waals surface area contributed by atoms with E-state index < -0.39 is 0 Å². The van der Waals surface area contributed by atoms with Gasteiger partial charge in [-0.25, -0.2) is 4.79 Å². The molecule has 0 unspecified atom stereocenters. The fourth-order valence-corrected chi connectivity index (χ4v) is 2.71. The molecule has 0 spiro atoms.